The van der Waals surface area contributed by atoms with Crippen LogP contribution in [0.15, 0.2) is 6.07 Å². The highest BCUT2D eigenvalue weighted by Gasteiger charge is 2.39. The SMILES string of the molecule is CCOC1(C(O)Cc2cc(C)nn2CC)CCCCCC1. The number of rotatable bonds is 6. The predicted molar refractivity (Wildman–Crippen MR) is 84.4 cm³/mol. The van der Waals surface area contributed by atoms with Gasteiger partial charge in [-0.1, -0.05) is 25.7 Å². The minimum Gasteiger partial charge on any atom is -0.390 e. The first-order chi connectivity index (χ1) is 10.1. The van der Waals surface area contributed by atoms with Crippen LogP contribution < -0.4 is 0 Å². The Bertz CT molecular complexity index is 434. The molecule has 0 aliphatic heterocycles. The monoisotopic (exact) mass is 294 g/mol. The van der Waals surface area contributed by atoms with Gasteiger partial charge in [-0.2, -0.15) is 5.10 Å². The summed E-state index contributed by atoms with van der Waals surface area (Å²) in [4.78, 5) is 0. The van der Waals surface area contributed by atoms with Gasteiger partial charge in [0.15, 0.2) is 0 Å². The van der Waals surface area contributed by atoms with Gasteiger partial charge in [0.2, 0.25) is 0 Å². The molecule has 1 heterocycles. The Balaban J connectivity index is 2.15. The van der Waals surface area contributed by atoms with Crippen molar-refractivity contribution in [3.63, 3.8) is 0 Å². The zero-order valence-corrected chi connectivity index (χ0v) is 13.8. The van der Waals surface area contributed by atoms with Crippen LogP contribution in [0.4, 0.5) is 0 Å². The maximum Gasteiger partial charge on any atom is 0.0943 e. The molecular weight excluding hydrogens is 264 g/mol. The van der Waals surface area contributed by atoms with E-state index >= 15 is 0 Å². The summed E-state index contributed by atoms with van der Waals surface area (Å²) in [5, 5.41) is 15.4. The van der Waals surface area contributed by atoms with E-state index in [-0.39, 0.29) is 5.60 Å². The average Bonchev–Trinajstić information content (AvgIpc) is 2.67. The highest BCUT2D eigenvalue weighted by atomic mass is 16.5. The zero-order valence-electron chi connectivity index (χ0n) is 13.8. The van der Waals surface area contributed by atoms with E-state index in [0.717, 1.165) is 43.6 Å². The van der Waals surface area contributed by atoms with E-state index in [1.807, 2.05) is 18.5 Å². The van der Waals surface area contributed by atoms with E-state index in [9.17, 15) is 5.11 Å². The van der Waals surface area contributed by atoms with Gasteiger partial charge in [0.1, 0.15) is 0 Å². The van der Waals surface area contributed by atoms with Crippen LogP contribution in [0, 0.1) is 6.92 Å². The summed E-state index contributed by atoms with van der Waals surface area (Å²) < 4.78 is 8.08. The minimum atomic E-state index is -0.447. The normalized spacial score (nSPS) is 20.2. The third-order valence-corrected chi connectivity index (χ3v) is 4.68. The fourth-order valence-electron chi connectivity index (χ4n) is 3.61. The first-order valence-electron chi connectivity index (χ1n) is 8.46. The van der Waals surface area contributed by atoms with Crippen LogP contribution in [0.2, 0.25) is 0 Å². The van der Waals surface area contributed by atoms with Crippen molar-refractivity contribution in [3.8, 4) is 0 Å². The maximum atomic E-state index is 10.9. The van der Waals surface area contributed by atoms with E-state index in [4.69, 9.17) is 4.74 Å². The zero-order chi connectivity index (χ0) is 15.3. The Hall–Kier alpha value is -0.870. The maximum absolute atomic E-state index is 10.9. The topological polar surface area (TPSA) is 47.3 Å². The van der Waals surface area contributed by atoms with Crippen LogP contribution in [0.5, 0.6) is 0 Å². The summed E-state index contributed by atoms with van der Waals surface area (Å²) in [5.74, 6) is 0. The Morgan fingerprint density at radius 3 is 2.52 bits per heavy atom. The van der Waals surface area contributed by atoms with Crippen molar-refractivity contribution >= 4 is 0 Å². The molecule has 1 saturated carbocycles. The first-order valence-corrected chi connectivity index (χ1v) is 8.46. The number of nitrogens with zero attached hydrogens (tertiary/aromatic N) is 2. The Morgan fingerprint density at radius 2 is 1.95 bits per heavy atom. The molecule has 0 aromatic carbocycles. The summed E-state index contributed by atoms with van der Waals surface area (Å²) in [6.07, 6.45) is 6.96. The molecule has 4 heteroatoms. The molecule has 1 unspecified atom stereocenters. The highest BCUT2D eigenvalue weighted by Crippen LogP contribution is 2.35. The van der Waals surface area contributed by atoms with E-state index < -0.39 is 6.10 Å². The Labute approximate surface area is 128 Å². The van der Waals surface area contributed by atoms with Crippen molar-refractivity contribution in [3.05, 3.63) is 17.5 Å². The number of ether oxygens (including phenoxy) is 1. The van der Waals surface area contributed by atoms with Gasteiger partial charge in [0, 0.05) is 25.3 Å². The second-order valence-corrected chi connectivity index (χ2v) is 6.22. The van der Waals surface area contributed by atoms with Gasteiger partial charge in [0.05, 0.1) is 17.4 Å². The van der Waals surface area contributed by atoms with Crippen molar-refractivity contribution in [2.45, 2.75) is 84.0 Å². The molecule has 1 fully saturated rings. The molecule has 1 atom stereocenters. The second kappa shape index (κ2) is 7.41. The van der Waals surface area contributed by atoms with E-state index in [1.54, 1.807) is 0 Å². The summed E-state index contributed by atoms with van der Waals surface area (Å²) in [7, 11) is 0. The van der Waals surface area contributed by atoms with Gasteiger partial charge in [-0.3, -0.25) is 4.68 Å². The summed E-state index contributed by atoms with van der Waals surface area (Å²) in [5.41, 5.74) is 1.78. The number of aromatic nitrogens is 2. The highest BCUT2D eigenvalue weighted by molar-refractivity contribution is 5.11. The molecule has 1 aromatic heterocycles. The summed E-state index contributed by atoms with van der Waals surface area (Å²) >= 11 is 0. The lowest BCUT2D eigenvalue weighted by molar-refractivity contribution is -0.128. The smallest absolute Gasteiger partial charge is 0.0943 e. The third-order valence-electron chi connectivity index (χ3n) is 4.68. The largest absolute Gasteiger partial charge is 0.390 e. The molecule has 1 aliphatic carbocycles. The number of aliphatic hydroxyl groups excluding tert-OH is 1. The minimum absolute atomic E-state index is 0.359. The van der Waals surface area contributed by atoms with Crippen LogP contribution in [-0.2, 0) is 17.7 Å². The van der Waals surface area contributed by atoms with Gasteiger partial charge in [-0.25, -0.2) is 0 Å². The fourth-order valence-corrected chi connectivity index (χ4v) is 3.61. The van der Waals surface area contributed by atoms with Crippen LogP contribution in [0.3, 0.4) is 0 Å². The Kier molecular flexibility index (Phi) is 5.82. The number of hydrogen-bond donors (Lipinski definition) is 1. The van der Waals surface area contributed by atoms with Crippen LogP contribution in [-0.4, -0.2) is 33.2 Å². The van der Waals surface area contributed by atoms with Gasteiger partial charge < -0.3 is 9.84 Å². The summed E-state index contributed by atoms with van der Waals surface area (Å²) in [6, 6.07) is 2.09. The molecule has 21 heavy (non-hydrogen) atoms. The predicted octanol–water partition coefficient (Wildman–Crippen LogP) is 3.24. The van der Waals surface area contributed by atoms with Gasteiger partial charge in [-0.05, 0) is 39.7 Å². The molecular formula is C17H30N2O2. The molecule has 4 nitrogen and oxygen atoms in total. The van der Waals surface area contributed by atoms with Gasteiger partial charge in [0.25, 0.3) is 0 Å². The molecule has 0 radical (unpaired) electrons. The van der Waals surface area contributed by atoms with Crippen molar-refractivity contribution < 1.29 is 9.84 Å². The van der Waals surface area contributed by atoms with Gasteiger partial charge >= 0.3 is 0 Å². The third kappa shape index (κ3) is 3.86. The lowest BCUT2D eigenvalue weighted by Crippen LogP contribution is -2.46. The van der Waals surface area contributed by atoms with Crippen molar-refractivity contribution in [2.75, 3.05) is 6.61 Å². The fraction of sp³-hybridized carbons (Fsp3) is 0.824. The van der Waals surface area contributed by atoms with Crippen molar-refractivity contribution in [1.29, 1.82) is 0 Å². The molecule has 1 aromatic rings. The van der Waals surface area contributed by atoms with Gasteiger partial charge in [-0.15, -0.1) is 0 Å². The number of aryl methyl sites for hydroxylation is 2. The number of hydrogen-bond acceptors (Lipinski definition) is 3. The Morgan fingerprint density at radius 1 is 1.29 bits per heavy atom. The molecule has 2 rings (SSSR count). The quantitative estimate of drug-likeness (QED) is 0.819. The van der Waals surface area contributed by atoms with E-state index in [2.05, 4.69) is 18.1 Å². The molecule has 0 saturated heterocycles. The van der Waals surface area contributed by atoms with Crippen molar-refractivity contribution in [1.82, 2.24) is 9.78 Å². The first kappa shape index (κ1) is 16.5. The molecule has 1 N–H and O–H groups in total. The molecule has 0 spiro atoms. The summed E-state index contributed by atoms with van der Waals surface area (Å²) in [6.45, 7) is 7.64. The van der Waals surface area contributed by atoms with Crippen LogP contribution in [0.25, 0.3) is 0 Å². The van der Waals surface area contributed by atoms with Crippen LogP contribution in [0.1, 0.15) is 63.8 Å². The standard InChI is InChI=1S/C17H30N2O2/c1-4-19-15(12-14(3)18-19)13-16(20)17(21-5-2)10-8-6-7-9-11-17/h12,16,20H,4-11,13H2,1-3H3. The number of aliphatic hydroxyl groups is 1. The molecule has 120 valence electrons. The molecule has 0 bridgehead atoms. The lowest BCUT2D eigenvalue weighted by atomic mass is 9.85. The average molecular weight is 294 g/mol. The molecule has 1 aliphatic rings. The van der Waals surface area contributed by atoms with Crippen LogP contribution >= 0.6 is 0 Å². The van der Waals surface area contributed by atoms with Crippen molar-refractivity contribution in [2.24, 2.45) is 0 Å². The lowest BCUT2D eigenvalue weighted by Gasteiger charge is -2.37. The second-order valence-electron chi connectivity index (χ2n) is 6.22. The molecule has 0 amide bonds. The van der Waals surface area contributed by atoms with E-state index in [1.165, 1.54) is 12.8 Å². The van der Waals surface area contributed by atoms with E-state index in [0.29, 0.717) is 13.0 Å².